The third kappa shape index (κ3) is 5.96. The fraction of sp³-hybridized carbons (Fsp3) is 0.185. The van der Waals surface area contributed by atoms with Gasteiger partial charge >= 0.3 is 0 Å². The number of hydrogen-bond donors (Lipinski definition) is 1. The summed E-state index contributed by atoms with van der Waals surface area (Å²) in [6.45, 7) is 5.34. The van der Waals surface area contributed by atoms with E-state index in [4.69, 9.17) is 11.6 Å². The van der Waals surface area contributed by atoms with Crippen LogP contribution in [-0.2, 0) is 26.5 Å². The zero-order valence-corrected chi connectivity index (χ0v) is 22.7. The molecule has 0 saturated carbocycles. The lowest BCUT2D eigenvalue weighted by atomic mass is 9.97. The van der Waals surface area contributed by atoms with Crippen molar-refractivity contribution in [3.05, 3.63) is 100 Å². The minimum atomic E-state index is -4.06. The second-order valence-electron chi connectivity index (χ2n) is 8.92. The van der Waals surface area contributed by atoms with Crippen molar-refractivity contribution in [1.82, 2.24) is 4.72 Å². The van der Waals surface area contributed by atoms with Crippen molar-refractivity contribution in [2.45, 2.75) is 24.3 Å². The quantitative estimate of drug-likeness (QED) is 0.395. The van der Waals surface area contributed by atoms with Gasteiger partial charge in [-0.05, 0) is 65.9 Å². The number of nitrogens with zero attached hydrogens (tertiary/aromatic N) is 1. The van der Waals surface area contributed by atoms with Crippen molar-refractivity contribution >= 4 is 55.1 Å². The molecule has 1 aliphatic rings. The van der Waals surface area contributed by atoms with Crippen molar-refractivity contribution in [3.63, 3.8) is 0 Å². The zero-order valence-electron chi connectivity index (χ0n) is 20.3. The smallest absolute Gasteiger partial charge is 0.264 e. The summed E-state index contributed by atoms with van der Waals surface area (Å²) >= 11 is 6.22. The number of anilines is 1. The van der Waals surface area contributed by atoms with Gasteiger partial charge in [-0.1, -0.05) is 60.7 Å². The summed E-state index contributed by atoms with van der Waals surface area (Å²) in [5.74, 6) is -0.458. The molecule has 37 heavy (non-hydrogen) atoms. The molecule has 0 aliphatic carbocycles. The highest BCUT2D eigenvalue weighted by Gasteiger charge is 2.34. The van der Waals surface area contributed by atoms with Crippen molar-refractivity contribution in [2.24, 2.45) is 0 Å². The first-order valence-electron chi connectivity index (χ1n) is 11.4. The molecule has 0 amide bonds. The Morgan fingerprint density at radius 1 is 1.08 bits per heavy atom. The number of benzene rings is 3. The predicted octanol–water partition coefficient (Wildman–Crippen LogP) is 5.35. The molecule has 3 aromatic rings. The molecule has 0 radical (unpaired) electrons. The van der Waals surface area contributed by atoms with Crippen LogP contribution in [0.4, 0.5) is 10.1 Å². The van der Waals surface area contributed by atoms with Crippen LogP contribution in [0.5, 0.6) is 0 Å². The van der Waals surface area contributed by atoms with Crippen molar-refractivity contribution in [2.75, 3.05) is 17.1 Å². The Labute approximate surface area is 222 Å². The number of fused-ring (bicyclic) bond motifs is 1. The number of sulfonamides is 2. The van der Waals surface area contributed by atoms with Crippen molar-refractivity contribution < 1.29 is 21.2 Å². The molecule has 1 N–H and O–H groups in total. The van der Waals surface area contributed by atoms with Gasteiger partial charge in [0.05, 0.1) is 28.4 Å². The SMILES string of the molecule is C=Cc1cccc(S(=O)(=O)N2C[C@H](NS(C)(=O)=O)Cc3ccc(/C=C(\C)c4c(F)cccc4Cl)cc32)c1. The van der Waals surface area contributed by atoms with E-state index in [1.54, 1.807) is 55.5 Å². The van der Waals surface area contributed by atoms with E-state index in [0.29, 0.717) is 34.4 Å². The predicted molar refractivity (Wildman–Crippen MR) is 148 cm³/mol. The highest BCUT2D eigenvalue weighted by atomic mass is 35.5. The van der Waals surface area contributed by atoms with Crippen LogP contribution in [0.2, 0.25) is 5.02 Å². The minimum absolute atomic E-state index is 0.0612. The Bertz CT molecular complexity index is 1600. The normalized spacial score (nSPS) is 16.4. The fourth-order valence-corrected chi connectivity index (χ4v) is 7.11. The highest BCUT2D eigenvalue weighted by molar-refractivity contribution is 7.92. The van der Waals surface area contributed by atoms with Gasteiger partial charge in [-0.2, -0.15) is 0 Å². The summed E-state index contributed by atoms with van der Waals surface area (Å²) in [7, 11) is -7.63. The van der Waals surface area contributed by atoms with Crippen LogP contribution >= 0.6 is 11.6 Å². The van der Waals surface area contributed by atoms with E-state index in [1.165, 1.54) is 28.6 Å². The molecule has 0 aromatic heterocycles. The first-order valence-corrected chi connectivity index (χ1v) is 15.1. The van der Waals surface area contributed by atoms with Gasteiger partial charge in [0.1, 0.15) is 5.82 Å². The van der Waals surface area contributed by atoms with E-state index in [1.807, 2.05) is 0 Å². The Balaban J connectivity index is 1.83. The zero-order chi connectivity index (χ0) is 27.0. The van der Waals surface area contributed by atoms with Crippen LogP contribution in [0, 0.1) is 5.82 Å². The second kappa shape index (κ2) is 10.4. The van der Waals surface area contributed by atoms with E-state index in [2.05, 4.69) is 11.3 Å². The Morgan fingerprint density at radius 2 is 1.81 bits per heavy atom. The van der Waals surface area contributed by atoms with E-state index >= 15 is 0 Å². The first kappa shape index (κ1) is 27.1. The van der Waals surface area contributed by atoms with E-state index in [9.17, 15) is 21.2 Å². The van der Waals surface area contributed by atoms with Gasteiger partial charge in [0.25, 0.3) is 10.0 Å². The van der Waals surface area contributed by atoms with Crippen LogP contribution in [0.1, 0.15) is 29.2 Å². The van der Waals surface area contributed by atoms with Gasteiger partial charge < -0.3 is 0 Å². The Kier molecular flexibility index (Phi) is 7.62. The largest absolute Gasteiger partial charge is 0.264 e. The van der Waals surface area contributed by atoms with Crippen LogP contribution in [-0.4, -0.2) is 35.7 Å². The molecule has 0 unspecified atom stereocenters. The Hall–Kier alpha value is -2.98. The average molecular weight is 561 g/mol. The molecule has 0 bridgehead atoms. The van der Waals surface area contributed by atoms with Crippen molar-refractivity contribution in [1.29, 1.82) is 0 Å². The Morgan fingerprint density at radius 3 is 2.49 bits per heavy atom. The standard InChI is InChI=1S/C27H26ClFN2O4S2/c1-4-19-7-5-8-23(14-19)37(34,35)31-17-22(30-36(3,32)33)16-21-12-11-20(15-26(21)31)13-18(2)27-24(28)9-6-10-25(27)29/h4-15,22,30H,1,16-17H2,2-3H3/b18-13+/t22-/m1/s1. The van der Waals surface area contributed by atoms with E-state index in [0.717, 1.165) is 6.26 Å². The number of hydrogen-bond acceptors (Lipinski definition) is 4. The molecule has 3 aromatic carbocycles. The summed E-state index contributed by atoms with van der Waals surface area (Å²) in [5.41, 5.74) is 3.21. The third-order valence-corrected chi connectivity index (χ3v) is 8.89. The maximum atomic E-state index is 14.4. The number of halogens is 2. The number of rotatable bonds is 7. The molecule has 1 atom stereocenters. The summed E-state index contributed by atoms with van der Waals surface area (Å²) in [5, 5.41) is 0.271. The van der Waals surface area contributed by atoms with Gasteiger partial charge in [0, 0.05) is 11.6 Å². The van der Waals surface area contributed by atoms with Crippen LogP contribution < -0.4 is 9.03 Å². The van der Waals surface area contributed by atoms with Crippen LogP contribution in [0.3, 0.4) is 0 Å². The molecule has 0 fully saturated rings. The number of allylic oxidation sites excluding steroid dienone is 1. The lowest BCUT2D eigenvalue weighted by Gasteiger charge is -2.35. The maximum absolute atomic E-state index is 14.4. The monoisotopic (exact) mass is 560 g/mol. The molecular formula is C27H26ClFN2O4S2. The van der Waals surface area contributed by atoms with E-state index < -0.39 is 31.9 Å². The molecule has 0 saturated heterocycles. The molecular weight excluding hydrogens is 535 g/mol. The molecule has 0 spiro atoms. The third-order valence-electron chi connectivity index (χ3n) is 6.03. The van der Waals surface area contributed by atoms with Gasteiger partial charge in [-0.3, -0.25) is 4.31 Å². The second-order valence-corrected chi connectivity index (χ2v) is 13.0. The maximum Gasteiger partial charge on any atom is 0.264 e. The summed E-state index contributed by atoms with van der Waals surface area (Å²) in [4.78, 5) is 0.0612. The fourth-order valence-electron chi connectivity index (χ4n) is 4.44. The first-order chi connectivity index (χ1) is 17.4. The van der Waals surface area contributed by atoms with Gasteiger partial charge in [-0.25, -0.2) is 25.9 Å². The lowest BCUT2D eigenvalue weighted by molar-refractivity contribution is 0.536. The molecule has 194 valence electrons. The highest BCUT2D eigenvalue weighted by Crippen LogP contribution is 2.35. The molecule has 1 heterocycles. The van der Waals surface area contributed by atoms with Gasteiger partial charge in [0.15, 0.2) is 0 Å². The number of nitrogens with one attached hydrogen (secondary N) is 1. The molecule has 1 aliphatic heterocycles. The topological polar surface area (TPSA) is 83.6 Å². The summed E-state index contributed by atoms with van der Waals surface area (Å²) < 4.78 is 69.7. The average Bonchev–Trinajstić information content (AvgIpc) is 2.82. The summed E-state index contributed by atoms with van der Waals surface area (Å²) in [6, 6.07) is 15.4. The molecule has 4 rings (SSSR count). The van der Waals surface area contributed by atoms with Gasteiger partial charge in [-0.15, -0.1) is 0 Å². The van der Waals surface area contributed by atoms with E-state index in [-0.39, 0.29) is 22.0 Å². The minimum Gasteiger partial charge on any atom is -0.264 e. The summed E-state index contributed by atoms with van der Waals surface area (Å²) in [6.07, 6.45) is 4.63. The van der Waals surface area contributed by atoms with Crippen molar-refractivity contribution in [3.8, 4) is 0 Å². The van der Waals surface area contributed by atoms with Crippen LogP contribution in [0.25, 0.3) is 17.7 Å². The molecule has 10 heteroatoms. The van der Waals surface area contributed by atoms with Gasteiger partial charge in [0.2, 0.25) is 10.0 Å². The van der Waals surface area contributed by atoms with Crippen LogP contribution in [0.15, 0.2) is 72.1 Å². The lowest BCUT2D eigenvalue weighted by Crippen LogP contribution is -2.49. The molecule has 6 nitrogen and oxygen atoms in total.